The Hall–Kier alpha value is -2.24. The second kappa shape index (κ2) is 7.68. The van der Waals surface area contributed by atoms with Crippen molar-refractivity contribution in [1.82, 2.24) is 10.6 Å². The van der Waals surface area contributed by atoms with Crippen LogP contribution >= 0.6 is 0 Å². The number of nitrogens with two attached hydrogens (primary N) is 1. The first kappa shape index (κ1) is 16.1. The maximum Gasteiger partial charge on any atom is 0.255 e. The molecule has 0 radical (unpaired) electrons. The van der Waals surface area contributed by atoms with Crippen molar-refractivity contribution in [3.63, 3.8) is 0 Å². The Morgan fingerprint density at radius 1 is 1.50 bits per heavy atom. The van der Waals surface area contributed by atoms with Crippen molar-refractivity contribution in [2.45, 2.75) is 32.9 Å². The molecular formula is C16H24N4O2. The lowest BCUT2D eigenvalue weighted by molar-refractivity contribution is -0.119. The normalized spacial score (nSPS) is 20.4. The molecule has 1 aromatic rings. The van der Waals surface area contributed by atoms with E-state index in [0.717, 1.165) is 24.0 Å². The highest BCUT2D eigenvalue weighted by Crippen LogP contribution is 2.28. The van der Waals surface area contributed by atoms with Crippen molar-refractivity contribution < 1.29 is 9.53 Å². The third-order valence-electron chi connectivity index (χ3n) is 3.48. The number of amides is 1. The molecule has 4 N–H and O–H groups in total. The molecular weight excluding hydrogens is 280 g/mol. The van der Waals surface area contributed by atoms with Crippen LogP contribution in [-0.2, 0) is 11.3 Å². The predicted molar refractivity (Wildman–Crippen MR) is 86.7 cm³/mol. The van der Waals surface area contributed by atoms with E-state index in [2.05, 4.69) is 22.5 Å². The monoisotopic (exact) mass is 304 g/mol. The Balaban J connectivity index is 1.93. The molecule has 2 atom stereocenters. The van der Waals surface area contributed by atoms with Crippen molar-refractivity contribution in [3.8, 4) is 5.75 Å². The number of aliphatic imine (C=N–C) groups is 1. The van der Waals surface area contributed by atoms with Gasteiger partial charge in [-0.3, -0.25) is 4.79 Å². The minimum atomic E-state index is -0.486. The first-order valence-electron chi connectivity index (χ1n) is 7.63. The van der Waals surface area contributed by atoms with Crippen LogP contribution in [0.2, 0.25) is 0 Å². The number of carbonyl (C=O) groups is 1. The number of rotatable bonds is 7. The van der Waals surface area contributed by atoms with Crippen LogP contribution in [0.3, 0.4) is 0 Å². The van der Waals surface area contributed by atoms with Gasteiger partial charge in [0.25, 0.3) is 5.91 Å². The molecule has 0 aliphatic heterocycles. The van der Waals surface area contributed by atoms with Gasteiger partial charge in [-0.25, -0.2) is 4.99 Å². The van der Waals surface area contributed by atoms with Gasteiger partial charge in [-0.1, -0.05) is 19.1 Å². The Morgan fingerprint density at radius 3 is 2.91 bits per heavy atom. The molecule has 0 heterocycles. The molecule has 0 bridgehead atoms. The SMILES string of the molecule is CCNC(=NCc1cccc(OCC(N)=O)c1)NC1CC1C. The highest BCUT2D eigenvalue weighted by molar-refractivity contribution is 5.80. The number of nitrogens with zero attached hydrogens (tertiary/aromatic N) is 1. The predicted octanol–water partition coefficient (Wildman–Crippen LogP) is 1.01. The van der Waals surface area contributed by atoms with Gasteiger partial charge in [-0.05, 0) is 37.0 Å². The van der Waals surface area contributed by atoms with Gasteiger partial charge >= 0.3 is 0 Å². The molecule has 6 nitrogen and oxygen atoms in total. The second-order valence-electron chi connectivity index (χ2n) is 5.56. The summed E-state index contributed by atoms with van der Waals surface area (Å²) < 4.78 is 5.30. The molecule has 22 heavy (non-hydrogen) atoms. The van der Waals surface area contributed by atoms with Gasteiger partial charge in [0.15, 0.2) is 12.6 Å². The number of guanidine groups is 1. The number of hydrogen-bond acceptors (Lipinski definition) is 3. The van der Waals surface area contributed by atoms with Crippen molar-refractivity contribution in [2.24, 2.45) is 16.6 Å². The number of nitrogens with one attached hydrogen (secondary N) is 2. The van der Waals surface area contributed by atoms with Crippen molar-refractivity contribution in [3.05, 3.63) is 29.8 Å². The number of hydrogen-bond donors (Lipinski definition) is 3. The smallest absolute Gasteiger partial charge is 0.255 e. The molecule has 1 aromatic carbocycles. The van der Waals surface area contributed by atoms with E-state index in [1.807, 2.05) is 25.1 Å². The molecule has 0 saturated heterocycles. The van der Waals surface area contributed by atoms with E-state index in [-0.39, 0.29) is 6.61 Å². The molecule has 0 aromatic heterocycles. The fraction of sp³-hybridized carbons (Fsp3) is 0.500. The average Bonchev–Trinajstić information content (AvgIpc) is 3.18. The van der Waals surface area contributed by atoms with Crippen LogP contribution in [0.4, 0.5) is 0 Å². The molecule has 6 heteroatoms. The topological polar surface area (TPSA) is 88.7 Å². The van der Waals surface area contributed by atoms with Crippen molar-refractivity contribution in [1.29, 1.82) is 0 Å². The zero-order chi connectivity index (χ0) is 15.9. The van der Waals surface area contributed by atoms with E-state index in [9.17, 15) is 4.79 Å². The summed E-state index contributed by atoms with van der Waals surface area (Å²) in [7, 11) is 0. The second-order valence-corrected chi connectivity index (χ2v) is 5.56. The summed E-state index contributed by atoms with van der Waals surface area (Å²) in [6.45, 7) is 5.53. The summed E-state index contributed by atoms with van der Waals surface area (Å²) >= 11 is 0. The first-order valence-corrected chi connectivity index (χ1v) is 7.63. The minimum Gasteiger partial charge on any atom is -0.484 e. The zero-order valence-electron chi connectivity index (χ0n) is 13.1. The molecule has 2 unspecified atom stereocenters. The number of benzene rings is 1. The van der Waals surface area contributed by atoms with E-state index in [4.69, 9.17) is 10.5 Å². The van der Waals surface area contributed by atoms with Gasteiger partial charge in [-0.2, -0.15) is 0 Å². The van der Waals surface area contributed by atoms with Gasteiger partial charge in [0.1, 0.15) is 5.75 Å². The summed E-state index contributed by atoms with van der Waals surface area (Å²) in [4.78, 5) is 15.3. The molecule has 1 aliphatic rings. The Bertz CT molecular complexity index is 545. The quantitative estimate of drug-likeness (QED) is 0.518. The largest absolute Gasteiger partial charge is 0.484 e. The van der Waals surface area contributed by atoms with Gasteiger partial charge in [0.2, 0.25) is 0 Å². The lowest BCUT2D eigenvalue weighted by Crippen LogP contribution is -2.39. The van der Waals surface area contributed by atoms with E-state index >= 15 is 0 Å². The van der Waals surface area contributed by atoms with Crippen LogP contribution in [0.1, 0.15) is 25.8 Å². The first-order chi connectivity index (χ1) is 10.6. The zero-order valence-corrected chi connectivity index (χ0v) is 13.1. The third kappa shape index (κ3) is 5.27. The maximum atomic E-state index is 10.7. The van der Waals surface area contributed by atoms with Crippen LogP contribution in [0.25, 0.3) is 0 Å². The average molecular weight is 304 g/mol. The van der Waals surface area contributed by atoms with Crippen LogP contribution < -0.4 is 21.1 Å². The van der Waals surface area contributed by atoms with Crippen LogP contribution in [0.15, 0.2) is 29.3 Å². The minimum absolute atomic E-state index is 0.115. The van der Waals surface area contributed by atoms with Crippen LogP contribution in [0.5, 0.6) is 5.75 Å². The molecule has 120 valence electrons. The van der Waals surface area contributed by atoms with Crippen LogP contribution in [-0.4, -0.2) is 31.1 Å². The Kier molecular flexibility index (Phi) is 5.63. The molecule has 0 spiro atoms. The lowest BCUT2D eigenvalue weighted by atomic mass is 10.2. The van der Waals surface area contributed by atoms with Gasteiger partial charge in [0.05, 0.1) is 6.54 Å². The summed E-state index contributed by atoms with van der Waals surface area (Å²) in [6.07, 6.45) is 1.20. The fourth-order valence-electron chi connectivity index (χ4n) is 2.08. The third-order valence-corrected chi connectivity index (χ3v) is 3.48. The molecule has 1 aliphatic carbocycles. The Labute approximate surface area is 131 Å². The number of ether oxygens (including phenoxy) is 1. The molecule has 1 amide bonds. The Morgan fingerprint density at radius 2 is 2.27 bits per heavy atom. The molecule has 2 rings (SSSR count). The van der Waals surface area contributed by atoms with Crippen LogP contribution in [0, 0.1) is 5.92 Å². The molecule has 1 saturated carbocycles. The lowest BCUT2D eigenvalue weighted by Gasteiger charge is -2.11. The molecule has 1 fully saturated rings. The highest BCUT2D eigenvalue weighted by atomic mass is 16.5. The van der Waals surface area contributed by atoms with Crippen molar-refractivity contribution in [2.75, 3.05) is 13.2 Å². The fourth-order valence-corrected chi connectivity index (χ4v) is 2.08. The van der Waals surface area contributed by atoms with E-state index in [0.29, 0.717) is 18.3 Å². The van der Waals surface area contributed by atoms with E-state index in [1.165, 1.54) is 6.42 Å². The summed E-state index contributed by atoms with van der Waals surface area (Å²) in [5, 5.41) is 6.66. The number of carbonyl (C=O) groups excluding carboxylic acids is 1. The summed E-state index contributed by atoms with van der Waals surface area (Å²) in [6, 6.07) is 8.05. The summed E-state index contributed by atoms with van der Waals surface area (Å²) in [5.41, 5.74) is 6.09. The van der Waals surface area contributed by atoms with Gasteiger partial charge in [-0.15, -0.1) is 0 Å². The summed E-state index contributed by atoms with van der Waals surface area (Å²) in [5.74, 6) is 1.69. The highest BCUT2D eigenvalue weighted by Gasteiger charge is 2.33. The van der Waals surface area contributed by atoms with Gasteiger partial charge < -0.3 is 21.1 Å². The van der Waals surface area contributed by atoms with E-state index in [1.54, 1.807) is 6.07 Å². The number of primary amides is 1. The standard InChI is InChI=1S/C16H24N4O2/c1-3-18-16(20-14-7-11(14)2)19-9-12-5-4-6-13(8-12)22-10-15(17)21/h4-6,8,11,14H,3,7,9-10H2,1-2H3,(H2,17,21)(H2,18,19,20). The maximum absolute atomic E-state index is 10.7. The van der Waals surface area contributed by atoms with E-state index < -0.39 is 5.91 Å². The van der Waals surface area contributed by atoms with Gasteiger partial charge in [0, 0.05) is 12.6 Å². The van der Waals surface area contributed by atoms with Crippen molar-refractivity contribution >= 4 is 11.9 Å².